The summed E-state index contributed by atoms with van der Waals surface area (Å²) in [6, 6.07) is 4.60. The number of aryl methyl sites for hydroxylation is 3. The summed E-state index contributed by atoms with van der Waals surface area (Å²) in [6.07, 6.45) is 12.6. The van der Waals surface area contributed by atoms with Crippen LogP contribution in [0.5, 0.6) is 0 Å². The normalized spacial score (nSPS) is 18.6. The number of likely N-dealkylation sites (tertiary alicyclic amines) is 1. The van der Waals surface area contributed by atoms with Crippen molar-refractivity contribution in [2.45, 2.75) is 51.5 Å². The Morgan fingerprint density at radius 1 is 1.12 bits per heavy atom. The first-order chi connectivity index (χ1) is 16.7. The van der Waals surface area contributed by atoms with Crippen LogP contribution in [-0.4, -0.2) is 49.5 Å². The molecule has 4 aromatic rings. The lowest BCUT2D eigenvalue weighted by molar-refractivity contribution is 0.197. The molecular weight excluding hydrogens is 426 g/mol. The molecule has 0 amide bonds. The standard InChI is InChI=1S/C26H31N7O/c1-32-9-3-4-17(15-32)7-10-33-22(31-23-24(27)29-16-30-25(23)33)14-20-12-18-5-2-6-19(18)13-21(20)26-28-8-11-34-26/h8,11-13,16-17H,2-7,9-10,14-15H2,1H3,(H2,27,29,30). The summed E-state index contributed by atoms with van der Waals surface area (Å²) in [4.78, 5) is 20.6. The summed E-state index contributed by atoms with van der Waals surface area (Å²) in [7, 11) is 2.22. The van der Waals surface area contributed by atoms with Gasteiger partial charge in [-0.3, -0.25) is 0 Å². The Morgan fingerprint density at radius 3 is 2.82 bits per heavy atom. The van der Waals surface area contributed by atoms with Crippen molar-refractivity contribution in [1.82, 2.24) is 29.4 Å². The minimum atomic E-state index is 0.435. The van der Waals surface area contributed by atoms with Crippen LogP contribution in [0.25, 0.3) is 22.6 Å². The molecule has 1 atom stereocenters. The number of hydrogen-bond donors (Lipinski definition) is 1. The first-order valence-corrected chi connectivity index (χ1v) is 12.3. The Hall–Kier alpha value is -3.26. The van der Waals surface area contributed by atoms with Gasteiger partial charge in [0, 0.05) is 25.1 Å². The van der Waals surface area contributed by atoms with Gasteiger partial charge in [-0.05, 0) is 80.8 Å². The van der Waals surface area contributed by atoms with Crippen LogP contribution in [0.4, 0.5) is 5.82 Å². The molecule has 4 heterocycles. The van der Waals surface area contributed by atoms with Crippen LogP contribution in [-0.2, 0) is 25.8 Å². The molecule has 1 fully saturated rings. The average molecular weight is 458 g/mol. The second-order valence-corrected chi connectivity index (χ2v) is 9.82. The summed E-state index contributed by atoms with van der Waals surface area (Å²) in [5.41, 5.74) is 12.8. The van der Waals surface area contributed by atoms with Crippen molar-refractivity contribution in [2.24, 2.45) is 5.92 Å². The molecule has 0 bridgehead atoms. The van der Waals surface area contributed by atoms with Crippen molar-refractivity contribution >= 4 is 17.0 Å². The van der Waals surface area contributed by atoms with Crippen LogP contribution in [0.2, 0.25) is 0 Å². The molecule has 1 aliphatic heterocycles. The zero-order chi connectivity index (χ0) is 23.1. The Labute approximate surface area is 199 Å². The predicted molar refractivity (Wildman–Crippen MR) is 131 cm³/mol. The van der Waals surface area contributed by atoms with E-state index >= 15 is 0 Å². The van der Waals surface area contributed by atoms with Crippen LogP contribution in [0, 0.1) is 5.92 Å². The molecule has 1 unspecified atom stereocenters. The van der Waals surface area contributed by atoms with Crippen molar-refractivity contribution in [1.29, 1.82) is 0 Å². The van der Waals surface area contributed by atoms with E-state index in [0.717, 1.165) is 49.4 Å². The van der Waals surface area contributed by atoms with E-state index in [1.54, 1.807) is 18.8 Å². The largest absolute Gasteiger partial charge is 0.445 e. The molecule has 1 saturated heterocycles. The number of piperidine rings is 1. The third-order valence-corrected chi connectivity index (χ3v) is 7.45. The second kappa shape index (κ2) is 8.83. The van der Waals surface area contributed by atoms with E-state index in [-0.39, 0.29) is 0 Å². The highest BCUT2D eigenvalue weighted by Gasteiger charge is 2.23. The van der Waals surface area contributed by atoms with E-state index < -0.39 is 0 Å². The Kier molecular flexibility index (Phi) is 5.53. The summed E-state index contributed by atoms with van der Waals surface area (Å²) < 4.78 is 7.98. The van der Waals surface area contributed by atoms with Gasteiger partial charge in [-0.15, -0.1) is 0 Å². The fourth-order valence-electron chi connectivity index (χ4n) is 5.74. The number of nitrogens with two attached hydrogens (primary N) is 1. The Balaban J connectivity index is 1.38. The van der Waals surface area contributed by atoms with E-state index in [9.17, 15) is 0 Å². The highest BCUT2D eigenvalue weighted by Crippen LogP contribution is 2.33. The molecule has 2 aliphatic rings. The maximum Gasteiger partial charge on any atom is 0.226 e. The molecule has 8 nitrogen and oxygen atoms in total. The first-order valence-electron chi connectivity index (χ1n) is 12.3. The lowest BCUT2D eigenvalue weighted by atomic mass is 9.95. The molecule has 0 saturated carbocycles. The lowest BCUT2D eigenvalue weighted by Crippen LogP contribution is -2.32. The summed E-state index contributed by atoms with van der Waals surface area (Å²) in [5.74, 6) is 2.75. The number of anilines is 1. The summed E-state index contributed by atoms with van der Waals surface area (Å²) >= 11 is 0. The van der Waals surface area contributed by atoms with Crippen molar-refractivity contribution in [3.63, 3.8) is 0 Å². The zero-order valence-corrected chi connectivity index (χ0v) is 19.7. The number of fused-ring (bicyclic) bond motifs is 2. The maximum absolute atomic E-state index is 6.21. The van der Waals surface area contributed by atoms with Gasteiger partial charge in [-0.1, -0.05) is 6.07 Å². The van der Waals surface area contributed by atoms with Gasteiger partial charge in [0.1, 0.15) is 18.4 Å². The molecular formula is C26H31N7O. The molecule has 0 spiro atoms. The van der Waals surface area contributed by atoms with Crippen LogP contribution in [0.1, 0.15) is 48.2 Å². The minimum absolute atomic E-state index is 0.435. The van der Waals surface area contributed by atoms with Gasteiger partial charge < -0.3 is 19.6 Å². The molecule has 6 rings (SSSR count). The van der Waals surface area contributed by atoms with Crippen LogP contribution < -0.4 is 5.73 Å². The Morgan fingerprint density at radius 2 is 2.00 bits per heavy atom. The van der Waals surface area contributed by atoms with E-state index in [1.807, 2.05) is 0 Å². The smallest absolute Gasteiger partial charge is 0.226 e. The van der Waals surface area contributed by atoms with E-state index in [4.69, 9.17) is 15.1 Å². The fourth-order valence-corrected chi connectivity index (χ4v) is 5.74. The number of benzene rings is 1. The number of hydrogen-bond acceptors (Lipinski definition) is 7. The molecule has 34 heavy (non-hydrogen) atoms. The molecule has 1 aliphatic carbocycles. The van der Waals surface area contributed by atoms with Crippen molar-refractivity contribution in [2.75, 3.05) is 25.9 Å². The number of imidazole rings is 1. The van der Waals surface area contributed by atoms with Gasteiger partial charge in [0.15, 0.2) is 17.0 Å². The average Bonchev–Trinajstić information content (AvgIpc) is 3.58. The zero-order valence-electron chi connectivity index (χ0n) is 19.7. The van der Waals surface area contributed by atoms with E-state index in [2.05, 4.69) is 43.6 Å². The third kappa shape index (κ3) is 3.96. The minimum Gasteiger partial charge on any atom is -0.445 e. The molecule has 176 valence electrons. The van der Waals surface area contributed by atoms with Crippen LogP contribution in [0.3, 0.4) is 0 Å². The predicted octanol–water partition coefficient (Wildman–Crippen LogP) is 3.87. The topological polar surface area (TPSA) is 98.9 Å². The van der Waals surface area contributed by atoms with Gasteiger partial charge in [0.05, 0.1) is 6.20 Å². The highest BCUT2D eigenvalue weighted by atomic mass is 16.3. The van der Waals surface area contributed by atoms with Crippen molar-refractivity contribution in [3.8, 4) is 11.5 Å². The third-order valence-electron chi connectivity index (χ3n) is 7.45. The van der Waals surface area contributed by atoms with Gasteiger partial charge in [0.2, 0.25) is 5.89 Å². The van der Waals surface area contributed by atoms with E-state index in [0.29, 0.717) is 29.6 Å². The lowest BCUT2D eigenvalue weighted by Gasteiger charge is -2.29. The summed E-state index contributed by atoms with van der Waals surface area (Å²) in [5, 5.41) is 0. The van der Waals surface area contributed by atoms with Gasteiger partial charge >= 0.3 is 0 Å². The Bertz CT molecular complexity index is 1310. The molecule has 1 aromatic carbocycles. The van der Waals surface area contributed by atoms with Gasteiger partial charge in [-0.2, -0.15) is 0 Å². The second-order valence-electron chi connectivity index (χ2n) is 9.82. The molecule has 3 aromatic heterocycles. The summed E-state index contributed by atoms with van der Waals surface area (Å²) in [6.45, 7) is 3.22. The monoisotopic (exact) mass is 457 g/mol. The van der Waals surface area contributed by atoms with E-state index in [1.165, 1.54) is 42.5 Å². The van der Waals surface area contributed by atoms with Crippen LogP contribution in [0.15, 0.2) is 35.3 Å². The highest BCUT2D eigenvalue weighted by molar-refractivity contribution is 5.82. The number of nitrogen functional groups attached to an aromatic ring is 1. The molecule has 8 heteroatoms. The van der Waals surface area contributed by atoms with Crippen molar-refractivity contribution in [3.05, 3.63) is 53.4 Å². The van der Waals surface area contributed by atoms with Gasteiger partial charge in [0.25, 0.3) is 0 Å². The number of nitrogens with zero attached hydrogens (tertiary/aromatic N) is 6. The van der Waals surface area contributed by atoms with Crippen molar-refractivity contribution < 1.29 is 4.42 Å². The quantitative estimate of drug-likeness (QED) is 0.469. The number of aromatic nitrogens is 5. The fraction of sp³-hybridized carbons (Fsp3) is 0.462. The maximum atomic E-state index is 6.21. The number of rotatable bonds is 6. The van der Waals surface area contributed by atoms with Crippen LogP contribution >= 0.6 is 0 Å². The number of oxazole rings is 1. The molecule has 2 N–H and O–H groups in total. The SMILES string of the molecule is CN1CCCC(CCn2c(Cc3cc4c(cc3-c3ncco3)CCC4)nc3c(N)ncnc32)C1. The van der Waals surface area contributed by atoms with Gasteiger partial charge in [-0.25, -0.2) is 19.9 Å². The molecule has 0 radical (unpaired) electrons. The first kappa shape index (κ1) is 21.3.